The quantitative estimate of drug-likeness (QED) is 0.443. The van der Waals surface area contributed by atoms with Gasteiger partial charge < -0.3 is 14.4 Å². The molecule has 0 aromatic heterocycles. The van der Waals surface area contributed by atoms with Gasteiger partial charge in [0.05, 0.1) is 12.2 Å². The minimum absolute atomic E-state index is 0.00286. The minimum atomic E-state index is -4.42. The number of carbonyl (C=O) groups is 1. The van der Waals surface area contributed by atoms with Gasteiger partial charge in [0, 0.05) is 17.1 Å². The summed E-state index contributed by atoms with van der Waals surface area (Å²) in [4.78, 5) is 14.0. The van der Waals surface area contributed by atoms with Crippen LogP contribution in [0.15, 0.2) is 22.7 Å². The maximum Gasteiger partial charge on any atom is 0.417 e. The van der Waals surface area contributed by atoms with Crippen molar-refractivity contribution >= 4 is 22.0 Å². The molecule has 2 rings (SSSR count). The van der Waals surface area contributed by atoms with Crippen molar-refractivity contribution in [2.24, 2.45) is 5.92 Å². The number of alkyl halides is 3. The predicted octanol–water partition coefficient (Wildman–Crippen LogP) is 6.66. The molecule has 8 heteroatoms. The highest BCUT2D eigenvalue weighted by Crippen LogP contribution is 2.37. The predicted molar refractivity (Wildman–Crippen MR) is 109 cm³/mol. The number of rotatable bonds is 5. The molecular formula is C21H29BrF3NO3. The summed E-state index contributed by atoms with van der Waals surface area (Å²) < 4.78 is 49.8. The van der Waals surface area contributed by atoms with Gasteiger partial charge in [-0.15, -0.1) is 0 Å². The fourth-order valence-corrected chi connectivity index (χ4v) is 3.97. The zero-order valence-corrected chi connectivity index (χ0v) is 18.9. The number of benzene rings is 1. The van der Waals surface area contributed by atoms with Crippen molar-refractivity contribution in [3.05, 3.63) is 28.2 Å². The van der Waals surface area contributed by atoms with Gasteiger partial charge in [0.1, 0.15) is 11.4 Å². The smallest absolute Gasteiger partial charge is 0.417 e. The first kappa shape index (κ1) is 23.8. The van der Waals surface area contributed by atoms with E-state index >= 15 is 0 Å². The number of hydrogen-bond acceptors (Lipinski definition) is 3. The van der Waals surface area contributed by atoms with Crippen molar-refractivity contribution in [3.63, 3.8) is 0 Å². The number of halogens is 4. The van der Waals surface area contributed by atoms with Gasteiger partial charge in [-0.05, 0) is 77.5 Å². The second kappa shape index (κ2) is 9.58. The Labute approximate surface area is 178 Å². The van der Waals surface area contributed by atoms with Crippen LogP contribution in [-0.4, -0.2) is 35.8 Å². The fourth-order valence-electron chi connectivity index (χ4n) is 3.50. The van der Waals surface area contributed by atoms with E-state index in [4.69, 9.17) is 9.47 Å². The Morgan fingerprint density at radius 2 is 1.97 bits per heavy atom. The molecule has 1 fully saturated rings. The average molecular weight is 480 g/mol. The Morgan fingerprint density at radius 1 is 1.28 bits per heavy atom. The van der Waals surface area contributed by atoms with Crippen LogP contribution in [0, 0.1) is 5.92 Å². The van der Waals surface area contributed by atoms with Crippen molar-refractivity contribution < 1.29 is 27.4 Å². The molecule has 1 saturated heterocycles. The first-order chi connectivity index (χ1) is 13.4. The zero-order chi connectivity index (χ0) is 21.8. The second-order valence-corrected chi connectivity index (χ2v) is 9.40. The van der Waals surface area contributed by atoms with E-state index in [1.165, 1.54) is 12.1 Å². The van der Waals surface area contributed by atoms with Crippen LogP contribution in [0.3, 0.4) is 0 Å². The molecule has 0 aliphatic carbocycles. The van der Waals surface area contributed by atoms with Crippen molar-refractivity contribution in [3.8, 4) is 5.75 Å². The normalized spacial score (nSPS) is 20.5. The summed E-state index contributed by atoms with van der Waals surface area (Å²) in [5.74, 6) is 0.677. The standard InChI is InChI=1S/C21H29BrF3NO3/c1-14-12-15(9-10-26(14)19(27)29-20(2,3)4)6-5-11-28-16-7-8-18(22)17(13-16)21(23,24)25/h7-8,13-15H,5-6,9-12H2,1-4H3/t14-,15?/m0/s1. The van der Waals surface area contributed by atoms with E-state index in [-0.39, 0.29) is 22.4 Å². The zero-order valence-electron chi connectivity index (χ0n) is 17.3. The lowest BCUT2D eigenvalue weighted by molar-refractivity contribution is -0.138. The van der Waals surface area contributed by atoms with Gasteiger partial charge in [0.2, 0.25) is 0 Å². The van der Waals surface area contributed by atoms with E-state index in [2.05, 4.69) is 15.9 Å². The maximum atomic E-state index is 13.0. The highest BCUT2D eigenvalue weighted by molar-refractivity contribution is 9.10. The molecular weight excluding hydrogens is 451 g/mol. The number of ether oxygens (including phenoxy) is 2. The molecule has 29 heavy (non-hydrogen) atoms. The van der Waals surface area contributed by atoms with E-state index in [1.807, 2.05) is 27.7 Å². The Bertz CT molecular complexity index is 703. The molecule has 164 valence electrons. The molecule has 2 atom stereocenters. The van der Waals surface area contributed by atoms with Gasteiger partial charge in [-0.1, -0.05) is 15.9 Å². The summed E-state index contributed by atoms with van der Waals surface area (Å²) in [5, 5.41) is 0. The molecule has 0 spiro atoms. The van der Waals surface area contributed by atoms with E-state index in [1.54, 1.807) is 4.90 Å². The Kier molecular flexibility index (Phi) is 7.87. The Hall–Kier alpha value is -1.44. The Balaban J connectivity index is 1.77. The van der Waals surface area contributed by atoms with Crippen molar-refractivity contribution in [2.75, 3.05) is 13.2 Å². The van der Waals surface area contributed by atoms with Gasteiger partial charge in [-0.3, -0.25) is 0 Å². The van der Waals surface area contributed by atoms with Crippen LogP contribution >= 0.6 is 15.9 Å². The molecule has 1 heterocycles. The first-order valence-corrected chi connectivity index (χ1v) is 10.7. The molecule has 4 nitrogen and oxygen atoms in total. The van der Waals surface area contributed by atoms with Crippen molar-refractivity contribution in [2.45, 2.75) is 71.2 Å². The van der Waals surface area contributed by atoms with Gasteiger partial charge in [0.15, 0.2) is 0 Å². The third-order valence-corrected chi connectivity index (χ3v) is 5.57. The number of piperidine rings is 1. The maximum absolute atomic E-state index is 13.0. The number of nitrogens with zero attached hydrogens (tertiary/aromatic N) is 1. The van der Waals surface area contributed by atoms with Gasteiger partial charge in [-0.25, -0.2) is 4.79 Å². The number of amides is 1. The Morgan fingerprint density at radius 3 is 2.55 bits per heavy atom. The van der Waals surface area contributed by atoms with Crippen LogP contribution in [0.25, 0.3) is 0 Å². The monoisotopic (exact) mass is 479 g/mol. The fraction of sp³-hybridized carbons (Fsp3) is 0.667. The summed E-state index contributed by atoms with van der Waals surface area (Å²) in [5.41, 5.74) is -1.25. The third-order valence-electron chi connectivity index (χ3n) is 4.88. The first-order valence-electron chi connectivity index (χ1n) is 9.86. The van der Waals surface area contributed by atoms with Gasteiger partial charge in [-0.2, -0.15) is 13.2 Å². The summed E-state index contributed by atoms with van der Waals surface area (Å²) >= 11 is 2.92. The van der Waals surface area contributed by atoms with E-state index in [0.29, 0.717) is 19.1 Å². The van der Waals surface area contributed by atoms with Crippen LogP contribution in [-0.2, 0) is 10.9 Å². The van der Waals surface area contributed by atoms with E-state index in [9.17, 15) is 18.0 Å². The van der Waals surface area contributed by atoms with Gasteiger partial charge in [0.25, 0.3) is 0 Å². The third kappa shape index (κ3) is 7.39. The number of likely N-dealkylation sites (tertiary alicyclic amines) is 1. The summed E-state index contributed by atoms with van der Waals surface area (Å²) in [7, 11) is 0. The van der Waals surface area contributed by atoms with Gasteiger partial charge >= 0.3 is 12.3 Å². The molecule has 1 unspecified atom stereocenters. The molecule has 1 aliphatic heterocycles. The van der Waals surface area contributed by atoms with Crippen LogP contribution in [0.1, 0.15) is 58.9 Å². The number of carbonyl (C=O) groups excluding carboxylic acids is 1. The average Bonchev–Trinajstić information content (AvgIpc) is 2.57. The van der Waals surface area contributed by atoms with Crippen LogP contribution in [0.4, 0.5) is 18.0 Å². The highest BCUT2D eigenvalue weighted by Gasteiger charge is 2.33. The molecule has 1 aliphatic rings. The van der Waals surface area contributed by atoms with Crippen LogP contribution < -0.4 is 4.74 Å². The minimum Gasteiger partial charge on any atom is -0.494 e. The summed E-state index contributed by atoms with van der Waals surface area (Å²) in [6.45, 7) is 8.60. The van der Waals surface area contributed by atoms with Crippen molar-refractivity contribution in [1.29, 1.82) is 0 Å². The van der Waals surface area contributed by atoms with E-state index < -0.39 is 17.3 Å². The van der Waals surface area contributed by atoms with Crippen molar-refractivity contribution in [1.82, 2.24) is 4.90 Å². The lowest BCUT2D eigenvalue weighted by atomic mass is 9.88. The lowest BCUT2D eigenvalue weighted by Gasteiger charge is -2.38. The second-order valence-electron chi connectivity index (χ2n) is 8.54. The highest BCUT2D eigenvalue weighted by atomic mass is 79.9. The van der Waals surface area contributed by atoms with E-state index in [0.717, 1.165) is 31.7 Å². The molecule has 0 bridgehead atoms. The molecule has 0 N–H and O–H groups in total. The topological polar surface area (TPSA) is 38.8 Å². The summed E-state index contributed by atoms with van der Waals surface area (Å²) in [6, 6.07) is 4.00. The van der Waals surface area contributed by atoms with Crippen LogP contribution in [0.2, 0.25) is 0 Å². The molecule has 0 saturated carbocycles. The number of hydrogen-bond donors (Lipinski definition) is 0. The molecule has 1 aromatic rings. The molecule has 1 amide bonds. The molecule has 0 radical (unpaired) electrons. The van der Waals surface area contributed by atoms with Crippen LogP contribution in [0.5, 0.6) is 5.75 Å². The summed E-state index contributed by atoms with van der Waals surface area (Å²) in [6.07, 6.45) is -1.26. The largest absolute Gasteiger partial charge is 0.494 e. The lowest BCUT2D eigenvalue weighted by Crippen LogP contribution is -2.46. The SMILES string of the molecule is C[C@H]1CC(CCCOc2ccc(Br)c(C(F)(F)F)c2)CCN1C(=O)OC(C)(C)C. The molecule has 1 aromatic carbocycles.